The van der Waals surface area contributed by atoms with Crippen LogP contribution in [0.5, 0.6) is 0 Å². The molecule has 0 N–H and O–H groups in total. The molecule has 0 atom stereocenters. The second kappa shape index (κ2) is 12.1. The molecule has 7 aromatic carbocycles. The number of fused-ring (bicyclic) bond motifs is 8. The predicted molar refractivity (Wildman–Crippen MR) is 219 cm³/mol. The van der Waals surface area contributed by atoms with Gasteiger partial charge in [-0.3, -0.25) is 4.57 Å². The molecule has 0 spiro atoms. The van der Waals surface area contributed by atoms with Crippen LogP contribution in [0, 0.1) is 11.3 Å². The zero-order valence-electron chi connectivity index (χ0n) is 29.3. The van der Waals surface area contributed by atoms with Crippen LogP contribution < -0.4 is 0 Å². The van der Waals surface area contributed by atoms with Gasteiger partial charge in [0.15, 0.2) is 17.2 Å². The van der Waals surface area contributed by atoms with Crippen LogP contribution in [-0.4, -0.2) is 24.1 Å². The van der Waals surface area contributed by atoms with Gasteiger partial charge in [-0.25, -0.2) is 4.98 Å². The monoisotopic (exact) mass is 704 g/mol. The number of furan rings is 1. The van der Waals surface area contributed by atoms with Crippen LogP contribution in [0.3, 0.4) is 0 Å². The Kier molecular flexibility index (Phi) is 6.78. The Morgan fingerprint density at radius 1 is 0.473 bits per heavy atom. The molecule has 0 aliphatic carbocycles. The summed E-state index contributed by atoms with van der Waals surface area (Å²) in [5.41, 5.74) is 9.02. The zero-order chi connectivity index (χ0) is 36.5. The van der Waals surface area contributed by atoms with Crippen molar-refractivity contribution in [3.8, 4) is 51.8 Å². The molecule has 0 aliphatic heterocycles. The van der Waals surface area contributed by atoms with Gasteiger partial charge in [-0.2, -0.15) is 15.2 Å². The van der Waals surface area contributed by atoms with Crippen molar-refractivity contribution in [1.29, 1.82) is 5.26 Å². The number of hydrogen-bond acceptors (Lipinski definition) is 5. The Hall–Kier alpha value is -7.82. The maximum Gasteiger partial charge on any atom is 0.238 e. The van der Waals surface area contributed by atoms with E-state index >= 15 is 0 Å². The molecule has 256 valence electrons. The van der Waals surface area contributed by atoms with E-state index in [9.17, 15) is 5.26 Å². The van der Waals surface area contributed by atoms with Crippen molar-refractivity contribution in [1.82, 2.24) is 24.1 Å². The Bertz CT molecular complexity index is 3310. The summed E-state index contributed by atoms with van der Waals surface area (Å²) in [6.07, 6.45) is 0. The Morgan fingerprint density at radius 2 is 1.04 bits per heavy atom. The molecule has 0 amide bonds. The van der Waals surface area contributed by atoms with Crippen LogP contribution in [0.4, 0.5) is 0 Å². The van der Waals surface area contributed by atoms with Crippen molar-refractivity contribution in [2.45, 2.75) is 0 Å². The Morgan fingerprint density at radius 3 is 1.69 bits per heavy atom. The highest BCUT2D eigenvalue weighted by atomic mass is 16.3. The van der Waals surface area contributed by atoms with E-state index in [2.05, 4.69) is 112 Å². The van der Waals surface area contributed by atoms with Gasteiger partial charge in [0.1, 0.15) is 5.76 Å². The number of benzene rings is 7. The van der Waals surface area contributed by atoms with Gasteiger partial charge in [-0.1, -0.05) is 121 Å². The summed E-state index contributed by atoms with van der Waals surface area (Å²) in [5, 5.41) is 14.9. The molecule has 7 heteroatoms. The molecule has 55 heavy (non-hydrogen) atoms. The van der Waals surface area contributed by atoms with Gasteiger partial charge < -0.3 is 8.98 Å². The van der Waals surface area contributed by atoms with Gasteiger partial charge in [0.2, 0.25) is 5.95 Å². The third-order valence-corrected chi connectivity index (χ3v) is 10.4. The topological polar surface area (TPSA) is 85.5 Å². The Balaban J connectivity index is 1.28. The average Bonchev–Trinajstić information content (AvgIpc) is 3.95. The number of nitriles is 1. The molecule has 7 nitrogen and oxygen atoms in total. The standard InChI is InChI=1S/C48H28N6O/c49-29-30-22-24-33(25-23-30)47-50-46(32-14-5-2-6-15-32)51-48(52-47)54-40-20-10-8-18-36(40)38-27-26-37-35-17-7-9-19-39(35)53(43(37)44(38)54)41-21-11-16-34-28-42(55-45(34)41)31-12-3-1-4-13-31/h1-28H. The van der Waals surface area contributed by atoms with Gasteiger partial charge in [-0.05, 0) is 48.5 Å². The lowest BCUT2D eigenvalue weighted by molar-refractivity contribution is 0.629. The van der Waals surface area contributed by atoms with E-state index in [0.29, 0.717) is 23.2 Å². The van der Waals surface area contributed by atoms with Crippen molar-refractivity contribution in [3.05, 3.63) is 175 Å². The normalized spacial score (nSPS) is 11.6. The first-order valence-electron chi connectivity index (χ1n) is 18.1. The highest BCUT2D eigenvalue weighted by molar-refractivity contribution is 6.24. The first kappa shape index (κ1) is 30.8. The van der Waals surface area contributed by atoms with Crippen LogP contribution >= 0.6 is 0 Å². The van der Waals surface area contributed by atoms with Gasteiger partial charge in [0.25, 0.3) is 0 Å². The first-order chi connectivity index (χ1) is 27.2. The fourth-order valence-electron chi connectivity index (χ4n) is 7.93. The van der Waals surface area contributed by atoms with E-state index in [1.165, 1.54) is 0 Å². The summed E-state index contributed by atoms with van der Waals surface area (Å²) in [6.45, 7) is 0. The zero-order valence-corrected chi connectivity index (χ0v) is 29.3. The third kappa shape index (κ3) is 4.79. The summed E-state index contributed by atoms with van der Waals surface area (Å²) >= 11 is 0. The van der Waals surface area contributed by atoms with E-state index in [1.54, 1.807) is 12.1 Å². The molecule has 0 saturated heterocycles. The van der Waals surface area contributed by atoms with Crippen molar-refractivity contribution in [3.63, 3.8) is 0 Å². The lowest BCUT2D eigenvalue weighted by atomic mass is 10.1. The van der Waals surface area contributed by atoms with E-state index in [1.807, 2.05) is 60.7 Å². The number of para-hydroxylation sites is 3. The lowest BCUT2D eigenvalue weighted by Crippen LogP contribution is -2.07. The molecular formula is C48H28N6O. The molecular weight excluding hydrogens is 677 g/mol. The van der Waals surface area contributed by atoms with Crippen LogP contribution in [0.15, 0.2) is 174 Å². The van der Waals surface area contributed by atoms with E-state index in [4.69, 9.17) is 19.4 Å². The minimum Gasteiger partial charge on any atom is -0.454 e. The van der Waals surface area contributed by atoms with Crippen molar-refractivity contribution >= 4 is 54.6 Å². The van der Waals surface area contributed by atoms with Gasteiger partial charge in [0.05, 0.1) is 39.4 Å². The molecule has 0 fully saturated rings. The second-order valence-electron chi connectivity index (χ2n) is 13.6. The van der Waals surface area contributed by atoms with Crippen LogP contribution in [-0.2, 0) is 0 Å². The van der Waals surface area contributed by atoms with Gasteiger partial charge in [0, 0.05) is 43.6 Å². The molecule has 11 aromatic rings. The van der Waals surface area contributed by atoms with Crippen LogP contribution in [0.1, 0.15) is 5.56 Å². The molecule has 4 heterocycles. The van der Waals surface area contributed by atoms with Gasteiger partial charge >= 0.3 is 0 Å². The molecule has 0 bridgehead atoms. The number of hydrogen-bond donors (Lipinski definition) is 0. The lowest BCUT2D eigenvalue weighted by Gasteiger charge is -2.13. The summed E-state index contributed by atoms with van der Waals surface area (Å²) in [5.74, 6) is 2.38. The van der Waals surface area contributed by atoms with Crippen molar-refractivity contribution in [2.24, 2.45) is 0 Å². The summed E-state index contributed by atoms with van der Waals surface area (Å²) in [6, 6.07) is 59.7. The summed E-state index contributed by atoms with van der Waals surface area (Å²) in [4.78, 5) is 15.4. The van der Waals surface area contributed by atoms with E-state index < -0.39 is 0 Å². The average molecular weight is 705 g/mol. The SMILES string of the molecule is N#Cc1ccc(-c2nc(-c3ccccc3)nc(-n3c4ccccc4c4ccc5c6ccccc6n(-c6cccc7cc(-c8ccccc8)oc67)c5c43)n2)cc1. The second-order valence-corrected chi connectivity index (χ2v) is 13.6. The molecule has 0 saturated carbocycles. The smallest absolute Gasteiger partial charge is 0.238 e. The summed E-state index contributed by atoms with van der Waals surface area (Å²) < 4.78 is 11.3. The Labute approximate surface area is 314 Å². The highest BCUT2D eigenvalue weighted by Gasteiger charge is 2.24. The largest absolute Gasteiger partial charge is 0.454 e. The van der Waals surface area contributed by atoms with Crippen molar-refractivity contribution < 1.29 is 4.42 Å². The van der Waals surface area contributed by atoms with Crippen molar-refractivity contribution in [2.75, 3.05) is 0 Å². The van der Waals surface area contributed by atoms with Gasteiger partial charge in [-0.15, -0.1) is 0 Å². The molecule has 0 aliphatic rings. The molecule has 0 unspecified atom stereocenters. The van der Waals surface area contributed by atoms with Crippen LogP contribution in [0.25, 0.3) is 100 Å². The third-order valence-electron chi connectivity index (χ3n) is 10.4. The minimum absolute atomic E-state index is 0.492. The summed E-state index contributed by atoms with van der Waals surface area (Å²) in [7, 11) is 0. The minimum atomic E-state index is 0.492. The van der Waals surface area contributed by atoms with E-state index in [-0.39, 0.29) is 0 Å². The maximum atomic E-state index is 9.52. The number of nitrogens with zero attached hydrogens (tertiary/aromatic N) is 6. The first-order valence-corrected chi connectivity index (χ1v) is 18.1. The molecule has 0 radical (unpaired) electrons. The predicted octanol–water partition coefficient (Wildman–Crippen LogP) is 11.7. The molecule has 11 rings (SSSR count). The highest BCUT2D eigenvalue weighted by Crippen LogP contribution is 2.43. The fourth-order valence-corrected chi connectivity index (χ4v) is 7.93. The fraction of sp³-hybridized carbons (Fsp3) is 0. The van der Waals surface area contributed by atoms with Crippen LogP contribution in [0.2, 0.25) is 0 Å². The number of aromatic nitrogens is 5. The molecule has 4 aromatic heterocycles. The maximum absolute atomic E-state index is 9.52. The quantitative estimate of drug-likeness (QED) is 0.178. The number of rotatable bonds is 5. The van der Waals surface area contributed by atoms with E-state index in [0.717, 1.165) is 82.7 Å².